The van der Waals surface area contributed by atoms with Gasteiger partial charge in [-0.25, -0.2) is 9.59 Å². The molecule has 0 aliphatic carbocycles. The van der Waals surface area contributed by atoms with Crippen LogP contribution in [0.1, 0.15) is 6.42 Å². The van der Waals surface area contributed by atoms with E-state index in [1.54, 1.807) is 6.08 Å². The Kier molecular flexibility index (Phi) is 2.36. The number of carboxylic acids is 1. The van der Waals surface area contributed by atoms with Crippen molar-refractivity contribution in [3.05, 3.63) is 12.7 Å². The topological polar surface area (TPSA) is 70.1 Å². The number of nitrogens with zero attached hydrogens (tertiary/aromatic N) is 2. The Morgan fingerprint density at radius 3 is 3.00 bits per heavy atom. The summed E-state index contributed by atoms with van der Waals surface area (Å²) in [5.74, 6) is -0.950. The van der Waals surface area contributed by atoms with Crippen LogP contribution in [-0.4, -0.2) is 52.3 Å². The summed E-state index contributed by atoms with van der Waals surface area (Å²) < 4.78 is 0. The zero-order chi connectivity index (χ0) is 11.0. The maximum absolute atomic E-state index is 11.6. The second-order valence-corrected chi connectivity index (χ2v) is 3.59. The molecule has 2 rings (SSSR count). The minimum absolute atomic E-state index is 0.140. The highest BCUT2D eigenvalue weighted by Crippen LogP contribution is 2.31. The average Bonchev–Trinajstić information content (AvgIpc) is 2.73. The minimum Gasteiger partial charge on any atom is -0.480 e. The predicted molar refractivity (Wildman–Crippen MR) is 49.9 cm³/mol. The number of aliphatic carboxylic acids is 1. The van der Waals surface area contributed by atoms with E-state index in [1.165, 1.54) is 9.96 Å². The first-order chi connectivity index (χ1) is 7.15. The summed E-state index contributed by atoms with van der Waals surface area (Å²) in [4.78, 5) is 28.9. The van der Waals surface area contributed by atoms with Crippen LogP contribution in [0.3, 0.4) is 0 Å². The lowest BCUT2D eigenvalue weighted by atomic mass is 10.1. The van der Waals surface area contributed by atoms with Gasteiger partial charge in [-0.2, -0.15) is 5.06 Å². The molecule has 0 aromatic carbocycles. The number of fused-ring (bicyclic) bond motifs is 2. The van der Waals surface area contributed by atoms with Crippen LogP contribution < -0.4 is 0 Å². The van der Waals surface area contributed by atoms with Crippen LogP contribution >= 0.6 is 0 Å². The second-order valence-electron chi connectivity index (χ2n) is 3.59. The monoisotopic (exact) mass is 212 g/mol. The molecule has 1 N–H and O–H groups in total. The van der Waals surface area contributed by atoms with Crippen LogP contribution in [0.2, 0.25) is 0 Å². The standard InChI is InChI=1S/C9H12N2O4/c1-2-3-15-11-6-4-7(8(12)13)10(5-6)9(11)14/h2,6-7H,1,3-5H2,(H,12,13)/t6-,7+/m1/s1. The van der Waals surface area contributed by atoms with E-state index in [0.29, 0.717) is 13.0 Å². The van der Waals surface area contributed by atoms with Gasteiger partial charge in [-0.05, 0) is 0 Å². The summed E-state index contributed by atoms with van der Waals surface area (Å²) in [6.45, 7) is 4.18. The highest BCUT2D eigenvalue weighted by Gasteiger charge is 2.51. The summed E-state index contributed by atoms with van der Waals surface area (Å²) in [6, 6.07) is -1.19. The lowest BCUT2D eigenvalue weighted by molar-refractivity contribution is -0.148. The molecule has 2 atom stereocenters. The van der Waals surface area contributed by atoms with Crippen molar-refractivity contribution in [2.75, 3.05) is 13.2 Å². The first-order valence-electron chi connectivity index (χ1n) is 4.71. The van der Waals surface area contributed by atoms with Gasteiger partial charge in [-0.15, -0.1) is 6.58 Å². The molecule has 6 heteroatoms. The Hall–Kier alpha value is -1.56. The van der Waals surface area contributed by atoms with Crippen molar-refractivity contribution < 1.29 is 19.5 Å². The van der Waals surface area contributed by atoms with Gasteiger partial charge >= 0.3 is 12.0 Å². The Labute approximate surface area is 86.7 Å². The Bertz CT molecular complexity index is 317. The quantitative estimate of drug-likeness (QED) is 0.669. The van der Waals surface area contributed by atoms with Crippen molar-refractivity contribution in [3.63, 3.8) is 0 Å². The van der Waals surface area contributed by atoms with Crippen molar-refractivity contribution in [1.29, 1.82) is 0 Å². The molecule has 2 amide bonds. The molecule has 2 aliphatic heterocycles. The fourth-order valence-corrected chi connectivity index (χ4v) is 2.01. The Morgan fingerprint density at radius 1 is 1.73 bits per heavy atom. The van der Waals surface area contributed by atoms with Crippen molar-refractivity contribution in [2.24, 2.45) is 0 Å². The zero-order valence-corrected chi connectivity index (χ0v) is 8.13. The number of carbonyl (C=O) groups excluding carboxylic acids is 1. The third-order valence-corrected chi connectivity index (χ3v) is 2.66. The molecular formula is C9H12N2O4. The second kappa shape index (κ2) is 3.54. The van der Waals surface area contributed by atoms with Crippen LogP contribution in [0.15, 0.2) is 12.7 Å². The van der Waals surface area contributed by atoms with Gasteiger partial charge in [0.15, 0.2) is 0 Å². The number of amides is 2. The first-order valence-corrected chi connectivity index (χ1v) is 4.71. The van der Waals surface area contributed by atoms with Crippen LogP contribution in [-0.2, 0) is 9.63 Å². The molecule has 15 heavy (non-hydrogen) atoms. The van der Waals surface area contributed by atoms with Crippen LogP contribution in [0.25, 0.3) is 0 Å². The number of hydroxylamine groups is 2. The minimum atomic E-state index is -0.950. The molecule has 2 aliphatic rings. The van der Waals surface area contributed by atoms with E-state index in [2.05, 4.69) is 6.58 Å². The summed E-state index contributed by atoms with van der Waals surface area (Å²) in [5, 5.41) is 10.1. The lowest BCUT2D eigenvalue weighted by Crippen LogP contribution is -2.48. The molecule has 0 spiro atoms. The number of hydrogen-bond donors (Lipinski definition) is 1. The van der Waals surface area contributed by atoms with Gasteiger partial charge in [0.1, 0.15) is 6.04 Å². The van der Waals surface area contributed by atoms with Crippen LogP contribution in [0, 0.1) is 0 Å². The molecule has 0 unspecified atom stereocenters. The van der Waals surface area contributed by atoms with Gasteiger partial charge < -0.3 is 10.0 Å². The smallest absolute Gasteiger partial charge is 0.345 e. The van der Waals surface area contributed by atoms with E-state index >= 15 is 0 Å². The molecule has 2 saturated heterocycles. The maximum Gasteiger partial charge on any atom is 0.345 e. The van der Waals surface area contributed by atoms with E-state index in [1.807, 2.05) is 0 Å². The largest absolute Gasteiger partial charge is 0.480 e. The highest BCUT2D eigenvalue weighted by molar-refractivity contribution is 5.85. The summed E-state index contributed by atoms with van der Waals surface area (Å²) in [7, 11) is 0. The van der Waals surface area contributed by atoms with Crippen molar-refractivity contribution in [2.45, 2.75) is 18.5 Å². The Balaban J connectivity index is 2.04. The average molecular weight is 212 g/mol. The number of rotatable bonds is 4. The molecule has 0 aromatic heterocycles. The molecule has 82 valence electrons. The van der Waals surface area contributed by atoms with E-state index in [-0.39, 0.29) is 18.7 Å². The zero-order valence-electron chi connectivity index (χ0n) is 8.13. The fourth-order valence-electron chi connectivity index (χ4n) is 2.01. The van der Waals surface area contributed by atoms with Crippen molar-refractivity contribution in [1.82, 2.24) is 9.96 Å². The summed E-state index contributed by atoms with van der Waals surface area (Å²) >= 11 is 0. The third-order valence-electron chi connectivity index (χ3n) is 2.66. The fraction of sp³-hybridized carbons (Fsp3) is 0.556. The molecule has 0 saturated carbocycles. The third kappa shape index (κ3) is 1.46. The summed E-state index contributed by atoms with van der Waals surface area (Å²) in [5.41, 5.74) is 0. The van der Waals surface area contributed by atoms with E-state index < -0.39 is 12.0 Å². The molecule has 2 fully saturated rings. The van der Waals surface area contributed by atoms with Gasteiger partial charge in [0.2, 0.25) is 0 Å². The van der Waals surface area contributed by atoms with Gasteiger partial charge in [0.05, 0.1) is 12.6 Å². The van der Waals surface area contributed by atoms with E-state index in [0.717, 1.165) is 0 Å². The van der Waals surface area contributed by atoms with Gasteiger partial charge in [0.25, 0.3) is 0 Å². The SMILES string of the molecule is C=CCON1C(=O)N2C[C@H]1C[C@H]2C(=O)O. The molecular weight excluding hydrogens is 200 g/mol. The summed E-state index contributed by atoms with van der Waals surface area (Å²) in [6.07, 6.45) is 1.97. The first kappa shape index (κ1) is 9.97. The van der Waals surface area contributed by atoms with Crippen molar-refractivity contribution >= 4 is 12.0 Å². The van der Waals surface area contributed by atoms with Gasteiger partial charge in [-0.3, -0.25) is 4.84 Å². The molecule has 0 aromatic rings. The number of carboxylic acid groups (broad SMARTS) is 1. The number of carbonyl (C=O) groups is 2. The molecule has 2 heterocycles. The predicted octanol–water partition coefficient (Wildman–Crippen LogP) is 0.0671. The normalized spacial score (nSPS) is 28.7. The number of hydrogen-bond acceptors (Lipinski definition) is 3. The molecule has 6 nitrogen and oxygen atoms in total. The molecule has 0 radical (unpaired) electrons. The highest BCUT2D eigenvalue weighted by atomic mass is 16.7. The van der Waals surface area contributed by atoms with Crippen LogP contribution in [0.5, 0.6) is 0 Å². The molecule has 2 bridgehead atoms. The van der Waals surface area contributed by atoms with Crippen molar-refractivity contribution in [3.8, 4) is 0 Å². The van der Waals surface area contributed by atoms with E-state index in [9.17, 15) is 9.59 Å². The maximum atomic E-state index is 11.6. The van der Waals surface area contributed by atoms with Crippen LogP contribution in [0.4, 0.5) is 4.79 Å². The van der Waals surface area contributed by atoms with Gasteiger partial charge in [-0.1, -0.05) is 6.08 Å². The van der Waals surface area contributed by atoms with Gasteiger partial charge in [0, 0.05) is 13.0 Å². The lowest BCUT2D eigenvalue weighted by Gasteiger charge is -2.28. The Morgan fingerprint density at radius 2 is 2.47 bits per heavy atom. The van der Waals surface area contributed by atoms with E-state index in [4.69, 9.17) is 9.94 Å². The number of urea groups is 1.